The summed E-state index contributed by atoms with van der Waals surface area (Å²) in [5.74, 6) is 1.33. The molecule has 0 saturated carbocycles. The average molecular weight is 348 g/mol. The zero-order valence-corrected chi connectivity index (χ0v) is 14.1. The summed E-state index contributed by atoms with van der Waals surface area (Å²) in [5.41, 5.74) is 1.85. The van der Waals surface area contributed by atoms with Crippen LogP contribution in [0.2, 0.25) is 0 Å². The molecule has 3 rings (SSSR count). The minimum absolute atomic E-state index is 0.190. The van der Waals surface area contributed by atoms with Crippen molar-refractivity contribution >= 4 is 11.6 Å². The third-order valence-corrected chi connectivity index (χ3v) is 3.65. The fraction of sp³-hybridized carbons (Fsp3) is 0.158. The molecule has 1 aromatic heterocycles. The van der Waals surface area contributed by atoms with Crippen LogP contribution in [0.1, 0.15) is 17.9 Å². The number of methoxy groups -OCH3 is 1. The molecule has 2 aromatic carbocycles. The summed E-state index contributed by atoms with van der Waals surface area (Å²) in [6.45, 7) is 0. The molecular weight excluding hydrogens is 332 g/mol. The Morgan fingerprint density at radius 1 is 1.23 bits per heavy atom. The van der Waals surface area contributed by atoms with E-state index in [0.29, 0.717) is 29.5 Å². The van der Waals surface area contributed by atoms with E-state index in [-0.39, 0.29) is 12.3 Å². The summed E-state index contributed by atoms with van der Waals surface area (Å²) in [5, 5.41) is 19.6. The highest BCUT2D eigenvalue weighted by Crippen LogP contribution is 2.21. The zero-order valence-electron chi connectivity index (χ0n) is 14.1. The second kappa shape index (κ2) is 7.94. The molecule has 3 aromatic rings. The highest BCUT2D eigenvalue weighted by Gasteiger charge is 2.11. The minimum atomic E-state index is -0.190. The van der Waals surface area contributed by atoms with E-state index in [2.05, 4.69) is 15.5 Å². The van der Waals surface area contributed by atoms with E-state index in [1.165, 1.54) is 0 Å². The van der Waals surface area contributed by atoms with E-state index >= 15 is 0 Å². The molecular formula is C19H16N4O3. The van der Waals surface area contributed by atoms with Gasteiger partial charge in [-0.3, -0.25) is 4.79 Å². The van der Waals surface area contributed by atoms with E-state index < -0.39 is 0 Å². The SMILES string of the molecule is COc1ccc(-c2nnc(CCC(=O)Nc3cccc(C#N)c3)o2)cc1. The van der Waals surface area contributed by atoms with Gasteiger partial charge in [-0.1, -0.05) is 6.07 Å². The number of nitrogens with one attached hydrogen (secondary N) is 1. The average Bonchev–Trinajstić information content (AvgIpc) is 3.15. The van der Waals surface area contributed by atoms with Gasteiger partial charge < -0.3 is 14.5 Å². The van der Waals surface area contributed by atoms with Gasteiger partial charge in [0.1, 0.15) is 5.75 Å². The molecule has 0 saturated heterocycles. The van der Waals surface area contributed by atoms with Crippen LogP contribution in [0.25, 0.3) is 11.5 Å². The van der Waals surface area contributed by atoms with Gasteiger partial charge in [0.25, 0.3) is 0 Å². The zero-order chi connectivity index (χ0) is 18.4. The van der Waals surface area contributed by atoms with Crippen molar-refractivity contribution in [2.45, 2.75) is 12.8 Å². The van der Waals surface area contributed by atoms with Gasteiger partial charge in [0.2, 0.25) is 17.7 Å². The number of rotatable bonds is 6. The van der Waals surface area contributed by atoms with E-state index in [1.807, 2.05) is 30.3 Å². The van der Waals surface area contributed by atoms with Crippen LogP contribution in [0, 0.1) is 11.3 Å². The summed E-state index contributed by atoms with van der Waals surface area (Å²) in [6, 6.07) is 16.0. The molecule has 0 spiro atoms. The number of carbonyl (C=O) groups is 1. The first-order valence-electron chi connectivity index (χ1n) is 7.95. The fourth-order valence-corrected chi connectivity index (χ4v) is 2.32. The summed E-state index contributed by atoms with van der Waals surface area (Å²) in [4.78, 5) is 12.0. The number of nitrogens with zero attached hydrogens (tertiary/aromatic N) is 3. The monoisotopic (exact) mass is 348 g/mol. The van der Waals surface area contributed by atoms with Crippen LogP contribution in [-0.2, 0) is 11.2 Å². The van der Waals surface area contributed by atoms with Crippen LogP contribution in [0.3, 0.4) is 0 Å². The third-order valence-electron chi connectivity index (χ3n) is 3.65. The second-order valence-corrected chi connectivity index (χ2v) is 5.47. The van der Waals surface area contributed by atoms with Crippen LogP contribution >= 0.6 is 0 Å². The molecule has 1 N–H and O–H groups in total. The lowest BCUT2D eigenvalue weighted by Gasteiger charge is -2.04. The van der Waals surface area contributed by atoms with Crippen molar-refractivity contribution in [3.63, 3.8) is 0 Å². The lowest BCUT2D eigenvalue weighted by atomic mass is 10.2. The highest BCUT2D eigenvalue weighted by atomic mass is 16.5. The quantitative estimate of drug-likeness (QED) is 0.734. The predicted molar refractivity (Wildman–Crippen MR) is 94.4 cm³/mol. The maximum atomic E-state index is 12.0. The summed E-state index contributed by atoms with van der Waals surface area (Å²) < 4.78 is 10.7. The summed E-state index contributed by atoms with van der Waals surface area (Å²) in [6.07, 6.45) is 0.522. The minimum Gasteiger partial charge on any atom is -0.497 e. The fourth-order valence-electron chi connectivity index (χ4n) is 2.32. The third kappa shape index (κ3) is 4.24. The largest absolute Gasteiger partial charge is 0.497 e. The van der Waals surface area contributed by atoms with Crippen LogP contribution in [0.4, 0.5) is 5.69 Å². The van der Waals surface area contributed by atoms with E-state index in [1.54, 1.807) is 31.4 Å². The van der Waals surface area contributed by atoms with Crippen molar-refractivity contribution in [3.05, 3.63) is 60.0 Å². The molecule has 0 aliphatic carbocycles. The number of anilines is 1. The van der Waals surface area contributed by atoms with Gasteiger partial charge in [-0.25, -0.2) is 0 Å². The van der Waals surface area contributed by atoms with E-state index in [4.69, 9.17) is 14.4 Å². The van der Waals surface area contributed by atoms with Gasteiger partial charge in [0.05, 0.1) is 18.7 Å². The molecule has 1 amide bonds. The number of amides is 1. The van der Waals surface area contributed by atoms with Crippen molar-refractivity contribution in [1.82, 2.24) is 10.2 Å². The molecule has 7 nitrogen and oxygen atoms in total. The van der Waals surface area contributed by atoms with Crippen LogP contribution in [0.5, 0.6) is 5.75 Å². The molecule has 0 aliphatic heterocycles. The normalized spacial score (nSPS) is 10.2. The van der Waals surface area contributed by atoms with Gasteiger partial charge in [-0.2, -0.15) is 5.26 Å². The Labute approximate surface area is 150 Å². The lowest BCUT2D eigenvalue weighted by Crippen LogP contribution is -2.12. The number of benzene rings is 2. The lowest BCUT2D eigenvalue weighted by molar-refractivity contribution is -0.116. The highest BCUT2D eigenvalue weighted by molar-refractivity contribution is 5.90. The molecule has 26 heavy (non-hydrogen) atoms. The Balaban J connectivity index is 1.57. The Morgan fingerprint density at radius 3 is 2.77 bits per heavy atom. The van der Waals surface area contributed by atoms with Crippen molar-refractivity contribution in [1.29, 1.82) is 5.26 Å². The first kappa shape index (κ1) is 17.2. The Morgan fingerprint density at radius 2 is 2.04 bits per heavy atom. The number of carbonyl (C=O) groups excluding carboxylic acids is 1. The molecule has 130 valence electrons. The van der Waals surface area contributed by atoms with E-state index in [9.17, 15) is 4.79 Å². The first-order valence-corrected chi connectivity index (χ1v) is 7.95. The Hall–Kier alpha value is -3.66. The number of nitriles is 1. The van der Waals surface area contributed by atoms with Crippen molar-refractivity contribution in [3.8, 4) is 23.3 Å². The maximum Gasteiger partial charge on any atom is 0.247 e. The van der Waals surface area contributed by atoms with Gasteiger partial charge in [-0.15, -0.1) is 10.2 Å². The van der Waals surface area contributed by atoms with Crippen LogP contribution in [-0.4, -0.2) is 23.2 Å². The molecule has 7 heteroatoms. The summed E-state index contributed by atoms with van der Waals surface area (Å²) >= 11 is 0. The predicted octanol–water partition coefficient (Wildman–Crippen LogP) is 3.19. The number of aromatic nitrogens is 2. The molecule has 0 aliphatic rings. The second-order valence-electron chi connectivity index (χ2n) is 5.47. The van der Waals surface area contributed by atoms with Gasteiger partial charge >= 0.3 is 0 Å². The molecule has 0 fully saturated rings. The molecule has 1 heterocycles. The molecule has 0 bridgehead atoms. The van der Waals surface area contributed by atoms with Gasteiger partial charge in [-0.05, 0) is 42.5 Å². The van der Waals surface area contributed by atoms with Gasteiger partial charge in [0, 0.05) is 24.1 Å². The van der Waals surface area contributed by atoms with Crippen LogP contribution < -0.4 is 10.1 Å². The molecule has 0 atom stereocenters. The van der Waals surface area contributed by atoms with Crippen molar-refractivity contribution < 1.29 is 13.9 Å². The van der Waals surface area contributed by atoms with Crippen molar-refractivity contribution in [2.24, 2.45) is 0 Å². The summed E-state index contributed by atoms with van der Waals surface area (Å²) in [7, 11) is 1.60. The number of ether oxygens (including phenoxy) is 1. The number of aryl methyl sites for hydroxylation is 1. The Kier molecular flexibility index (Phi) is 5.25. The topological polar surface area (TPSA) is 101 Å². The van der Waals surface area contributed by atoms with Crippen molar-refractivity contribution in [2.75, 3.05) is 12.4 Å². The van der Waals surface area contributed by atoms with E-state index in [0.717, 1.165) is 11.3 Å². The first-order chi connectivity index (χ1) is 12.7. The maximum absolute atomic E-state index is 12.0. The molecule has 0 radical (unpaired) electrons. The van der Waals surface area contributed by atoms with Crippen LogP contribution in [0.15, 0.2) is 52.9 Å². The standard InChI is InChI=1S/C19H16N4O3/c1-25-16-7-5-14(6-8-16)19-23-22-18(26-19)10-9-17(24)21-15-4-2-3-13(11-15)12-20/h2-8,11H,9-10H2,1H3,(H,21,24). The molecule has 0 unspecified atom stereocenters. The van der Waals surface area contributed by atoms with Gasteiger partial charge in [0.15, 0.2) is 0 Å². The number of hydrogen-bond acceptors (Lipinski definition) is 6. The smallest absolute Gasteiger partial charge is 0.247 e. The number of hydrogen-bond donors (Lipinski definition) is 1. The Bertz CT molecular complexity index is 942.